The van der Waals surface area contributed by atoms with Gasteiger partial charge in [-0.15, -0.1) is 11.3 Å². The van der Waals surface area contributed by atoms with Gasteiger partial charge in [0.2, 0.25) is 0 Å². The quantitative estimate of drug-likeness (QED) is 0.442. The van der Waals surface area contributed by atoms with Crippen molar-refractivity contribution in [3.8, 4) is 17.3 Å². The van der Waals surface area contributed by atoms with E-state index in [1.54, 1.807) is 30.6 Å². The summed E-state index contributed by atoms with van der Waals surface area (Å²) in [5.74, 6) is 1.88. The molecule has 0 unspecified atom stereocenters. The van der Waals surface area contributed by atoms with Crippen LogP contribution in [-0.4, -0.2) is 57.3 Å². The second-order valence-electron chi connectivity index (χ2n) is 10.0. The average Bonchev–Trinajstić information content (AvgIpc) is 3.37. The van der Waals surface area contributed by atoms with Crippen molar-refractivity contribution in [2.75, 3.05) is 20.2 Å². The minimum atomic E-state index is -1.11. The lowest BCUT2D eigenvalue weighted by molar-refractivity contribution is 0.0606. The molecular formula is C26H30FN5O2S. The van der Waals surface area contributed by atoms with E-state index in [-0.39, 0.29) is 24.9 Å². The van der Waals surface area contributed by atoms with E-state index in [2.05, 4.69) is 23.6 Å². The topological polar surface area (TPSA) is 78.3 Å². The number of likely N-dealkylation sites (tertiary alicyclic amines) is 1. The van der Waals surface area contributed by atoms with E-state index in [0.29, 0.717) is 29.3 Å². The third-order valence-electron chi connectivity index (χ3n) is 7.20. The third kappa shape index (κ3) is 3.90. The Balaban J connectivity index is 1.45. The molecule has 4 heterocycles. The molecule has 1 saturated carbocycles. The zero-order chi connectivity index (χ0) is 24.4. The number of amides is 1. The highest BCUT2D eigenvalue weighted by Crippen LogP contribution is 2.40. The molecule has 9 heteroatoms. The first-order chi connectivity index (χ1) is 16.8. The van der Waals surface area contributed by atoms with E-state index < -0.39 is 6.17 Å². The van der Waals surface area contributed by atoms with Gasteiger partial charge >= 0.3 is 0 Å². The van der Waals surface area contributed by atoms with E-state index in [9.17, 15) is 9.18 Å². The van der Waals surface area contributed by atoms with Gasteiger partial charge in [-0.3, -0.25) is 4.79 Å². The highest BCUT2D eigenvalue weighted by molar-refractivity contribution is 7.19. The number of aryl methyl sites for hydroxylation is 2. The number of hydrogen-bond acceptors (Lipinski definition) is 5. The summed E-state index contributed by atoms with van der Waals surface area (Å²) in [6, 6.07) is 7.65. The van der Waals surface area contributed by atoms with E-state index in [4.69, 9.17) is 15.5 Å². The molecule has 6 rings (SSSR count). The fraction of sp³-hybridized carbons (Fsp3) is 0.462. The summed E-state index contributed by atoms with van der Waals surface area (Å²) in [4.78, 5) is 21.1. The standard InChI is InChI=1S/C26H30FN5O2S/c1-14-6-20-23(35-14)10-21(32(20)11-15-4-5-15)25-29-19-7-16(8-22(34-3)24(19)30(25)2)26(33)31-12-17(27)9-18(28)13-31/h6-8,10,15,17-18H,4-5,9,11-13,28H2,1-3H3/t17-,18-/m1/s1. The Hall–Kier alpha value is -2.91. The Morgan fingerprint density at radius 3 is 2.77 bits per heavy atom. The van der Waals surface area contributed by atoms with Crippen LogP contribution >= 0.6 is 11.3 Å². The maximum atomic E-state index is 14.1. The van der Waals surface area contributed by atoms with Crippen molar-refractivity contribution in [2.45, 2.75) is 44.9 Å². The van der Waals surface area contributed by atoms with Gasteiger partial charge in [0.05, 0.1) is 35.1 Å². The SMILES string of the molecule is COc1cc(C(=O)N2C[C@H](N)C[C@@H](F)C2)cc2nc(-c3cc4sc(C)cc4n3CC3CC3)n(C)c12. The van der Waals surface area contributed by atoms with E-state index >= 15 is 0 Å². The van der Waals surface area contributed by atoms with E-state index in [1.165, 1.54) is 32.8 Å². The second kappa shape index (κ2) is 8.34. The van der Waals surface area contributed by atoms with Gasteiger partial charge in [0.1, 0.15) is 17.4 Å². The van der Waals surface area contributed by atoms with Crippen molar-refractivity contribution < 1.29 is 13.9 Å². The summed E-state index contributed by atoms with van der Waals surface area (Å²) >= 11 is 1.80. The number of ether oxygens (including phenoxy) is 1. The number of hydrogen-bond donors (Lipinski definition) is 1. The largest absolute Gasteiger partial charge is 0.494 e. The molecule has 0 bridgehead atoms. The van der Waals surface area contributed by atoms with Gasteiger partial charge in [0, 0.05) is 36.6 Å². The molecule has 35 heavy (non-hydrogen) atoms. The predicted octanol–water partition coefficient (Wildman–Crippen LogP) is 4.49. The van der Waals surface area contributed by atoms with Gasteiger partial charge in [-0.05, 0) is 56.4 Å². The van der Waals surface area contributed by atoms with Crippen molar-refractivity contribution in [3.63, 3.8) is 0 Å². The number of carbonyl (C=O) groups excluding carboxylic acids is 1. The smallest absolute Gasteiger partial charge is 0.254 e. The minimum absolute atomic E-state index is 0.0607. The van der Waals surface area contributed by atoms with Gasteiger partial charge < -0.3 is 24.5 Å². The molecule has 2 atom stereocenters. The maximum absolute atomic E-state index is 14.1. The number of aromatic nitrogens is 3. The van der Waals surface area contributed by atoms with Gasteiger partial charge in [0.15, 0.2) is 5.82 Å². The number of piperidine rings is 1. The van der Waals surface area contributed by atoms with Crippen LogP contribution in [0.5, 0.6) is 5.75 Å². The van der Waals surface area contributed by atoms with Crippen LogP contribution in [0.2, 0.25) is 0 Å². The van der Waals surface area contributed by atoms with Crippen LogP contribution in [0.1, 0.15) is 34.5 Å². The summed E-state index contributed by atoms with van der Waals surface area (Å²) < 4.78 is 25.5. The van der Waals surface area contributed by atoms with E-state index in [0.717, 1.165) is 23.6 Å². The van der Waals surface area contributed by atoms with Crippen LogP contribution in [-0.2, 0) is 13.6 Å². The predicted molar refractivity (Wildman–Crippen MR) is 137 cm³/mol. The highest BCUT2D eigenvalue weighted by atomic mass is 32.1. The summed E-state index contributed by atoms with van der Waals surface area (Å²) in [6.07, 6.45) is 1.72. The normalized spacial score (nSPS) is 20.8. The zero-order valence-corrected chi connectivity index (χ0v) is 21.1. The lowest BCUT2D eigenvalue weighted by Crippen LogP contribution is -2.50. The number of methoxy groups -OCH3 is 1. The number of benzene rings is 1. The first-order valence-electron chi connectivity index (χ1n) is 12.2. The fourth-order valence-electron chi connectivity index (χ4n) is 5.35. The van der Waals surface area contributed by atoms with Gasteiger partial charge in [-0.1, -0.05) is 0 Å². The van der Waals surface area contributed by atoms with Crippen LogP contribution in [0.15, 0.2) is 24.3 Å². The molecule has 4 aromatic rings. The number of nitrogens with zero attached hydrogens (tertiary/aromatic N) is 4. The first kappa shape index (κ1) is 22.5. The average molecular weight is 496 g/mol. The molecule has 2 aliphatic rings. The monoisotopic (exact) mass is 495 g/mol. The second-order valence-corrected chi connectivity index (χ2v) is 11.3. The summed E-state index contributed by atoms with van der Waals surface area (Å²) in [5, 5.41) is 0. The Kier molecular flexibility index (Phi) is 5.37. The molecule has 184 valence electrons. The van der Waals surface area contributed by atoms with Crippen LogP contribution in [0, 0.1) is 12.8 Å². The Labute approximate surface area is 207 Å². The minimum Gasteiger partial charge on any atom is -0.494 e. The molecule has 1 aliphatic carbocycles. The molecule has 1 aromatic carbocycles. The number of fused-ring (bicyclic) bond motifs is 2. The van der Waals surface area contributed by atoms with Crippen LogP contribution in [0.4, 0.5) is 4.39 Å². The lowest BCUT2D eigenvalue weighted by atomic mass is 10.0. The molecule has 1 amide bonds. The number of alkyl halides is 1. The summed E-state index contributed by atoms with van der Waals surface area (Å²) in [7, 11) is 3.58. The van der Waals surface area contributed by atoms with Crippen LogP contribution in [0.25, 0.3) is 32.8 Å². The fourth-order valence-corrected chi connectivity index (χ4v) is 6.31. The molecular weight excluding hydrogens is 465 g/mol. The number of rotatable bonds is 5. The van der Waals surface area contributed by atoms with Gasteiger partial charge in [0.25, 0.3) is 5.91 Å². The molecule has 2 N–H and O–H groups in total. The number of thiophene rings is 1. The molecule has 0 radical (unpaired) electrons. The third-order valence-corrected chi connectivity index (χ3v) is 8.19. The van der Waals surface area contributed by atoms with Crippen molar-refractivity contribution >= 4 is 38.5 Å². The maximum Gasteiger partial charge on any atom is 0.254 e. The van der Waals surface area contributed by atoms with Crippen LogP contribution < -0.4 is 10.5 Å². The van der Waals surface area contributed by atoms with Crippen molar-refractivity contribution in [1.29, 1.82) is 0 Å². The van der Waals surface area contributed by atoms with Gasteiger partial charge in [-0.2, -0.15) is 0 Å². The zero-order valence-electron chi connectivity index (χ0n) is 20.3. The van der Waals surface area contributed by atoms with Crippen molar-refractivity contribution in [1.82, 2.24) is 19.0 Å². The number of imidazole rings is 1. The summed E-state index contributed by atoms with van der Waals surface area (Å²) in [6.45, 7) is 3.53. The van der Waals surface area contributed by atoms with Crippen molar-refractivity contribution in [3.05, 3.63) is 34.7 Å². The number of nitrogens with two attached hydrogens (primary N) is 1. The molecule has 2 fully saturated rings. The molecule has 0 spiro atoms. The van der Waals surface area contributed by atoms with Crippen molar-refractivity contribution in [2.24, 2.45) is 18.7 Å². The Morgan fingerprint density at radius 2 is 2.06 bits per heavy atom. The lowest BCUT2D eigenvalue weighted by Gasteiger charge is -2.33. The number of carbonyl (C=O) groups is 1. The van der Waals surface area contributed by atoms with Crippen LogP contribution in [0.3, 0.4) is 0 Å². The van der Waals surface area contributed by atoms with Gasteiger partial charge in [-0.25, -0.2) is 9.37 Å². The van der Waals surface area contributed by atoms with E-state index in [1.807, 2.05) is 11.6 Å². The molecule has 1 saturated heterocycles. The Bertz CT molecular complexity index is 1440. The Morgan fingerprint density at radius 1 is 1.26 bits per heavy atom. The summed E-state index contributed by atoms with van der Waals surface area (Å²) in [5.41, 5.74) is 10.3. The molecule has 3 aromatic heterocycles. The number of halogens is 1. The molecule has 7 nitrogen and oxygen atoms in total. The molecule has 1 aliphatic heterocycles. The highest BCUT2D eigenvalue weighted by Gasteiger charge is 2.30. The first-order valence-corrected chi connectivity index (χ1v) is 13.0.